The summed E-state index contributed by atoms with van der Waals surface area (Å²) in [7, 11) is 0. The van der Waals surface area contributed by atoms with Crippen molar-refractivity contribution in [3.63, 3.8) is 0 Å². The molecule has 0 saturated carbocycles. The van der Waals surface area contributed by atoms with Crippen LogP contribution in [0.3, 0.4) is 0 Å². The number of hydrogen-bond donors (Lipinski definition) is 0. The van der Waals surface area contributed by atoms with E-state index in [0.717, 1.165) is 17.2 Å². The molecule has 5 heteroatoms. The molecule has 0 N–H and O–H groups in total. The molecule has 0 unspecified atom stereocenters. The zero-order valence-electron chi connectivity index (χ0n) is 16.2. The van der Waals surface area contributed by atoms with Crippen LogP contribution in [0.5, 0.6) is 11.5 Å². The molecule has 0 aliphatic carbocycles. The number of ether oxygens (including phenoxy) is 2. The Kier molecular flexibility index (Phi) is 4.66. The molecule has 0 atom stereocenters. The van der Waals surface area contributed by atoms with E-state index in [2.05, 4.69) is 6.07 Å². The molecule has 0 spiro atoms. The summed E-state index contributed by atoms with van der Waals surface area (Å²) in [6.07, 6.45) is -4.52. The summed E-state index contributed by atoms with van der Waals surface area (Å²) >= 11 is 0. The van der Waals surface area contributed by atoms with Crippen LogP contribution in [0.25, 0.3) is 33.4 Å². The SMILES string of the molecule is FC(F)(F)c1ccccc1-c1c(-c2ccccc2)[c]c(-c2ccccc2)c2c1OCO2. The summed E-state index contributed by atoms with van der Waals surface area (Å²) < 4.78 is 53.1. The molecule has 1 radical (unpaired) electrons. The molecular weight excluding hydrogens is 401 g/mol. The van der Waals surface area contributed by atoms with E-state index in [-0.39, 0.29) is 12.4 Å². The van der Waals surface area contributed by atoms with Crippen molar-refractivity contribution in [2.75, 3.05) is 6.79 Å². The molecule has 153 valence electrons. The maximum absolute atomic E-state index is 13.9. The van der Waals surface area contributed by atoms with E-state index < -0.39 is 11.7 Å². The molecule has 1 heterocycles. The van der Waals surface area contributed by atoms with E-state index in [9.17, 15) is 13.2 Å². The Bertz CT molecular complexity index is 1230. The molecule has 0 amide bonds. The highest BCUT2D eigenvalue weighted by Crippen LogP contribution is 2.53. The van der Waals surface area contributed by atoms with Crippen molar-refractivity contribution in [3.8, 4) is 44.9 Å². The lowest BCUT2D eigenvalue weighted by atomic mass is 9.87. The standard InChI is InChI=1S/C26H16F3O2/c27-26(28,29)22-14-8-7-13-19(22)23-20(17-9-3-1-4-10-17)15-21(18-11-5-2-6-12-18)24-25(23)31-16-30-24/h1-14H,16H2. The smallest absolute Gasteiger partial charge is 0.417 e. The van der Waals surface area contributed by atoms with Gasteiger partial charge < -0.3 is 9.47 Å². The van der Waals surface area contributed by atoms with Gasteiger partial charge in [0, 0.05) is 22.8 Å². The maximum Gasteiger partial charge on any atom is 0.417 e. The minimum atomic E-state index is -4.52. The Morgan fingerprint density at radius 3 is 1.84 bits per heavy atom. The van der Waals surface area contributed by atoms with Crippen LogP contribution in [0.15, 0.2) is 84.9 Å². The van der Waals surface area contributed by atoms with Crippen molar-refractivity contribution < 1.29 is 22.6 Å². The number of rotatable bonds is 3. The first-order valence-corrected chi connectivity index (χ1v) is 9.70. The zero-order chi connectivity index (χ0) is 21.4. The lowest BCUT2D eigenvalue weighted by Gasteiger charge is -2.19. The molecule has 2 nitrogen and oxygen atoms in total. The molecule has 0 fully saturated rings. The van der Waals surface area contributed by atoms with E-state index in [4.69, 9.17) is 9.47 Å². The molecule has 4 aromatic rings. The van der Waals surface area contributed by atoms with Crippen LogP contribution in [0.1, 0.15) is 5.56 Å². The Balaban J connectivity index is 1.88. The molecule has 31 heavy (non-hydrogen) atoms. The lowest BCUT2D eigenvalue weighted by molar-refractivity contribution is -0.137. The van der Waals surface area contributed by atoms with E-state index in [0.29, 0.717) is 28.2 Å². The number of fused-ring (bicyclic) bond motifs is 1. The Morgan fingerprint density at radius 1 is 0.645 bits per heavy atom. The monoisotopic (exact) mass is 417 g/mol. The Labute approximate surface area is 177 Å². The molecule has 0 aromatic heterocycles. The van der Waals surface area contributed by atoms with Crippen LogP contribution in [0, 0.1) is 6.07 Å². The van der Waals surface area contributed by atoms with Crippen molar-refractivity contribution in [1.82, 2.24) is 0 Å². The summed E-state index contributed by atoms with van der Waals surface area (Å²) in [4.78, 5) is 0. The van der Waals surface area contributed by atoms with Crippen LogP contribution >= 0.6 is 0 Å². The van der Waals surface area contributed by atoms with Crippen LogP contribution in [-0.4, -0.2) is 6.79 Å². The molecular formula is C26H16F3O2. The van der Waals surface area contributed by atoms with Crippen molar-refractivity contribution in [3.05, 3.63) is 96.6 Å². The summed E-state index contributed by atoms with van der Waals surface area (Å²) in [6.45, 7) is -0.0670. The minimum absolute atomic E-state index is 0.0338. The fourth-order valence-electron chi connectivity index (χ4n) is 3.84. The Hall–Kier alpha value is -3.73. The third-order valence-corrected chi connectivity index (χ3v) is 5.19. The van der Waals surface area contributed by atoms with Gasteiger partial charge in [0.2, 0.25) is 6.79 Å². The third kappa shape index (κ3) is 3.42. The average molecular weight is 417 g/mol. The van der Waals surface area contributed by atoms with Gasteiger partial charge >= 0.3 is 6.18 Å². The summed E-state index contributed by atoms with van der Waals surface area (Å²) in [5.41, 5.74) is 2.39. The van der Waals surface area contributed by atoms with Gasteiger partial charge in [0.25, 0.3) is 0 Å². The molecule has 1 aliphatic rings. The Morgan fingerprint density at radius 2 is 1.19 bits per heavy atom. The number of alkyl halides is 3. The van der Waals surface area contributed by atoms with Crippen LogP contribution in [-0.2, 0) is 6.18 Å². The summed E-state index contributed by atoms with van der Waals surface area (Å²) in [6, 6.07) is 27.6. The quantitative estimate of drug-likeness (QED) is 0.350. The first-order chi connectivity index (χ1) is 15.0. The van der Waals surface area contributed by atoms with Gasteiger partial charge in [0.05, 0.1) is 5.56 Å². The van der Waals surface area contributed by atoms with E-state index >= 15 is 0 Å². The largest absolute Gasteiger partial charge is 0.453 e. The second-order valence-corrected chi connectivity index (χ2v) is 7.09. The van der Waals surface area contributed by atoms with Gasteiger partial charge in [-0.15, -0.1) is 0 Å². The van der Waals surface area contributed by atoms with Crippen LogP contribution < -0.4 is 9.47 Å². The normalized spacial score (nSPS) is 12.7. The zero-order valence-corrected chi connectivity index (χ0v) is 16.2. The topological polar surface area (TPSA) is 18.5 Å². The highest BCUT2D eigenvalue weighted by molar-refractivity contribution is 5.95. The predicted octanol–water partition coefficient (Wildman–Crippen LogP) is 7.24. The molecule has 0 saturated heterocycles. The van der Waals surface area contributed by atoms with Gasteiger partial charge in [0.15, 0.2) is 11.5 Å². The fourth-order valence-corrected chi connectivity index (χ4v) is 3.84. The summed E-state index contributed by atoms with van der Waals surface area (Å²) in [5, 5.41) is 0. The van der Waals surface area contributed by atoms with E-state index in [1.54, 1.807) is 6.07 Å². The second kappa shape index (κ2) is 7.51. The van der Waals surface area contributed by atoms with E-state index in [1.807, 2.05) is 60.7 Å². The highest BCUT2D eigenvalue weighted by atomic mass is 19.4. The van der Waals surface area contributed by atoms with Gasteiger partial charge in [-0.05, 0) is 22.8 Å². The van der Waals surface area contributed by atoms with Crippen LogP contribution in [0.2, 0.25) is 0 Å². The average Bonchev–Trinajstić information content (AvgIpc) is 3.28. The highest BCUT2D eigenvalue weighted by Gasteiger charge is 2.36. The maximum atomic E-state index is 13.9. The van der Waals surface area contributed by atoms with E-state index in [1.165, 1.54) is 12.1 Å². The lowest BCUT2D eigenvalue weighted by Crippen LogP contribution is -2.07. The second-order valence-electron chi connectivity index (χ2n) is 7.09. The van der Waals surface area contributed by atoms with Gasteiger partial charge in [0.1, 0.15) is 0 Å². The first-order valence-electron chi connectivity index (χ1n) is 9.70. The first kappa shape index (κ1) is 19.2. The van der Waals surface area contributed by atoms with Gasteiger partial charge in [-0.25, -0.2) is 0 Å². The molecule has 4 aromatic carbocycles. The van der Waals surface area contributed by atoms with Crippen LogP contribution in [0.4, 0.5) is 13.2 Å². The third-order valence-electron chi connectivity index (χ3n) is 5.19. The number of benzene rings is 4. The fraction of sp³-hybridized carbons (Fsp3) is 0.0769. The van der Waals surface area contributed by atoms with Gasteiger partial charge in [-0.1, -0.05) is 78.9 Å². The molecule has 0 bridgehead atoms. The van der Waals surface area contributed by atoms with Crippen molar-refractivity contribution >= 4 is 0 Å². The molecule has 1 aliphatic heterocycles. The number of hydrogen-bond acceptors (Lipinski definition) is 2. The van der Waals surface area contributed by atoms with Gasteiger partial charge in [-0.2, -0.15) is 13.2 Å². The van der Waals surface area contributed by atoms with Gasteiger partial charge in [-0.3, -0.25) is 0 Å². The number of halogens is 3. The van der Waals surface area contributed by atoms with Crippen molar-refractivity contribution in [2.24, 2.45) is 0 Å². The molecule has 5 rings (SSSR count). The van der Waals surface area contributed by atoms with Crippen molar-refractivity contribution in [1.29, 1.82) is 0 Å². The van der Waals surface area contributed by atoms with Crippen molar-refractivity contribution in [2.45, 2.75) is 6.18 Å². The minimum Gasteiger partial charge on any atom is -0.453 e. The summed E-state index contributed by atoms with van der Waals surface area (Å²) in [5.74, 6) is 0.700. The predicted molar refractivity (Wildman–Crippen MR) is 113 cm³/mol.